The Morgan fingerprint density at radius 1 is 0.481 bits per heavy atom. The molecular weight excluding hydrogens is 348 g/mol. The van der Waals surface area contributed by atoms with Crippen molar-refractivity contribution in [3.63, 3.8) is 0 Å². The van der Waals surface area contributed by atoms with Crippen molar-refractivity contribution in [1.29, 1.82) is 0 Å². The normalized spacial score (nSPS) is 11.0. The van der Waals surface area contributed by atoms with Crippen LogP contribution in [0.25, 0.3) is 0 Å². The second-order valence-corrected chi connectivity index (χ2v) is 8.79. The molecule has 0 aliphatic heterocycles. The molecule has 2 heteroatoms. The van der Waals surface area contributed by atoms with Gasteiger partial charge in [0.05, 0.1) is 6.61 Å². The standard InChI is InChI=1S/C25H50OS/c1-3-5-7-9-11-12-13-14-15-16-17-19-21-23-25(27)26-24-22-20-18-10-8-6-4-2/h3-24H2,1-2H3. The number of hydrogen-bond donors (Lipinski definition) is 0. The third-order valence-corrected chi connectivity index (χ3v) is 5.82. The minimum Gasteiger partial charge on any atom is -0.487 e. The van der Waals surface area contributed by atoms with Gasteiger partial charge in [0.2, 0.25) is 0 Å². The first-order valence-electron chi connectivity index (χ1n) is 12.5. The van der Waals surface area contributed by atoms with Gasteiger partial charge in [-0.05, 0) is 25.1 Å². The molecule has 0 aliphatic rings. The van der Waals surface area contributed by atoms with Crippen LogP contribution in [0.1, 0.15) is 149 Å². The molecule has 0 unspecified atom stereocenters. The van der Waals surface area contributed by atoms with Crippen molar-refractivity contribution in [2.45, 2.75) is 149 Å². The predicted molar refractivity (Wildman–Crippen MR) is 127 cm³/mol. The number of thiocarbonyl (C=S) groups is 1. The molecule has 0 aromatic carbocycles. The Kier molecular flexibility index (Phi) is 23.8. The fourth-order valence-electron chi connectivity index (χ4n) is 3.60. The summed E-state index contributed by atoms with van der Waals surface area (Å²) in [7, 11) is 0. The molecule has 0 amide bonds. The van der Waals surface area contributed by atoms with E-state index >= 15 is 0 Å². The van der Waals surface area contributed by atoms with E-state index in [1.165, 1.54) is 128 Å². The van der Waals surface area contributed by atoms with Crippen molar-refractivity contribution in [2.24, 2.45) is 0 Å². The molecule has 0 rings (SSSR count). The van der Waals surface area contributed by atoms with E-state index in [2.05, 4.69) is 13.8 Å². The Labute approximate surface area is 177 Å². The van der Waals surface area contributed by atoms with E-state index in [-0.39, 0.29) is 0 Å². The number of hydrogen-bond acceptors (Lipinski definition) is 2. The van der Waals surface area contributed by atoms with E-state index in [0.29, 0.717) is 0 Å². The molecular formula is C25H50OS. The van der Waals surface area contributed by atoms with E-state index in [9.17, 15) is 0 Å². The van der Waals surface area contributed by atoms with Crippen LogP contribution in [0.3, 0.4) is 0 Å². The molecule has 0 saturated heterocycles. The highest BCUT2D eigenvalue weighted by molar-refractivity contribution is 7.80. The van der Waals surface area contributed by atoms with E-state index in [0.717, 1.165) is 18.1 Å². The summed E-state index contributed by atoms with van der Waals surface area (Å²) < 4.78 is 5.71. The van der Waals surface area contributed by atoms with Gasteiger partial charge in [-0.3, -0.25) is 0 Å². The smallest absolute Gasteiger partial charge is 0.159 e. The highest BCUT2D eigenvalue weighted by atomic mass is 32.1. The highest BCUT2D eigenvalue weighted by Crippen LogP contribution is 2.13. The Balaban J connectivity index is 3.12. The molecule has 0 saturated carbocycles. The summed E-state index contributed by atoms with van der Waals surface area (Å²) in [5, 5.41) is 0.851. The van der Waals surface area contributed by atoms with E-state index < -0.39 is 0 Å². The molecule has 1 nitrogen and oxygen atoms in total. The van der Waals surface area contributed by atoms with E-state index in [1.54, 1.807) is 0 Å². The SMILES string of the molecule is CCCCCCCCCCCCCCCC(=S)OCCCCCCCCC. The van der Waals surface area contributed by atoms with Crippen molar-refractivity contribution in [3.8, 4) is 0 Å². The maximum Gasteiger partial charge on any atom is 0.159 e. The number of rotatable bonds is 22. The lowest BCUT2D eigenvalue weighted by Crippen LogP contribution is -2.03. The zero-order chi connectivity index (χ0) is 19.8. The second kappa shape index (κ2) is 23.9. The molecule has 0 radical (unpaired) electrons. The molecule has 0 fully saturated rings. The maximum atomic E-state index is 5.71. The predicted octanol–water partition coefficient (Wildman–Crippen LogP) is 9.56. The molecule has 162 valence electrons. The first kappa shape index (κ1) is 26.9. The number of unbranched alkanes of at least 4 members (excludes halogenated alkanes) is 18. The summed E-state index contributed by atoms with van der Waals surface area (Å²) in [6.07, 6.45) is 28.5. The summed E-state index contributed by atoms with van der Waals surface area (Å²) in [5.74, 6) is 0. The van der Waals surface area contributed by atoms with Crippen LogP contribution in [0.4, 0.5) is 0 Å². The van der Waals surface area contributed by atoms with Crippen LogP contribution in [0.15, 0.2) is 0 Å². The van der Waals surface area contributed by atoms with Crippen molar-refractivity contribution >= 4 is 17.3 Å². The van der Waals surface area contributed by atoms with Crippen molar-refractivity contribution < 1.29 is 4.74 Å². The molecule has 0 bridgehead atoms. The molecule has 0 aliphatic carbocycles. The summed E-state index contributed by atoms with van der Waals surface area (Å²) in [5.41, 5.74) is 0. The van der Waals surface area contributed by atoms with Crippen LogP contribution in [0.5, 0.6) is 0 Å². The quantitative estimate of drug-likeness (QED) is 0.133. The molecule has 0 heterocycles. The van der Waals surface area contributed by atoms with Gasteiger partial charge in [-0.25, -0.2) is 0 Å². The van der Waals surface area contributed by atoms with Crippen molar-refractivity contribution in [3.05, 3.63) is 0 Å². The van der Waals surface area contributed by atoms with E-state index in [1.807, 2.05) is 0 Å². The third kappa shape index (κ3) is 23.9. The Bertz CT molecular complexity index is 290. The monoisotopic (exact) mass is 398 g/mol. The minimum atomic E-state index is 0.838. The summed E-state index contributed by atoms with van der Waals surface area (Å²) in [6.45, 7) is 5.40. The molecule has 0 atom stereocenters. The fourth-order valence-corrected chi connectivity index (χ4v) is 3.83. The van der Waals surface area contributed by atoms with Gasteiger partial charge in [0.1, 0.15) is 0 Å². The zero-order valence-corrected chi connectivity index (χ0v) is 19.7. The van der Waals surface area contributed by atoms with Crippen LogP contribution in [-0.2, 0) is 4.74 Å². The third-order valence-electron chi connectivity index (χ3n) is 5.50. The van der Waals surface area contributed by atoms with Crippen molar-refractivity contribution in [1.82, 2.24) is 0 Å². The van der Waals surface area contributed by atoms with Crippen LogP contribution in [0.2, 0.25) is 0 Å². The first-order valence-corrected chi connectivity index (χ1v) is 12.9. The van der Waals surface area contributed by atoms with Gasteiger partial charge >= 0.3 is 0 Å². The average molecular weight is 399 g/mol. The Morgan fingerprint density at radius 3 is 1.22 bits per heavy atom. The molecule has 0 aromatic rings. The van der Waals surface area contributed by atoms with Gasteiger partial charge in [-0.1, -0.05) is 129 Å². The molecule has 0 N–H and O–H groups in total. The summed E-state index contributed by atoms with van der Waals surface area (Å²) in [6, 6.07) is 0. The minimum absolute atomic E-state index is 0.838. The van der Waals surface area contributed by atoms with Crippen LogP contribution >= 0.6 is 12.2 Å². The van der Waals surface area contributed by atoms with Crippen LogP contribution in [-0.4, -0.2) is 11.7 Å². The topological polar surface area (TPSA) is 9.23 Å². The molecule has 0 spiro atoms. The van der Waals surface area contributed by atoms with Crippen LogP contribution < -0.4 is 0 Å². The average Bonchev–Trinajstić information content (AvgIpc) is 2.67. The van der Waals surface area contributed by atoms with E-state index in [4.69, 9.17) is 17.0 Å². The lowest BCUT2D eigenvalue weighted by Gasteiger charge is -2.07. The van der Waals surface area contributed by atoms with Gasteiger partial charge in [-0.2, -0.15) is 0 Å². The maximum absolute atomic E-state index is 5.71. The largest absolute Gasteiger partial charge is 0.487 e. The van der Waals surface area contributed by atoms with Gasteiger partial charge in [-0.15, -0.1) is 0 Å². The lowest BCUT2D eigenvalue weighted by molar-refractivity contribution is 0.290. The molecule has 0 aromatic heterocycles. The van der Waals surface area contributed by atoms with Crippen LogP contribution in [0, 0.1) is 0 Å². The lowest BCUT2D eigenvalue weighted by atomic mass is 10.0. The van der Waals surface area contributed by atoms with Gasteiger partial charge in [0, 0.05) is 6.42 Å². The Hall–Kier alpha value is -0.110. The highest BCUT2D eigenvalue weighted by Gasteiger charge is 1.99. The summed E-state index contributed by atoms with van der Waals surface area (Å²) >= 11 is 5.35. The van der Waals surface area contributed by atoms with Crippen molar-refractivity contribution in [2.75, 3.05) is 6.61 Å². The zero-order valence-electron chi connectivity index (χ0n) is 18.9. The molecule has 27 heavy (non-hydrogen) atoms. The fraction of sp³-hybridized carbons (Fsp3) is 0.960. The Morgan fingerprint density at radius 2 is 0.815 bits per heavy atom. The van der Waals surface area contributed by atoms with Gasteiger partial charge in [0.15, 0.2) is 5.05 Å². The van der Waals surface area contributed by atoms with Gasteiger partial charge in [0.25, 0.3) is 0 Å². The van der Waals surface area contributed by atoms with Gasteiger partial charge < -0.3 is 4.74 Å². The number of ether oxygens (including phenoxy) is 1. The summed E-state index contributed by atoms with van der Waals surface area (Å²) in [4.78, 5) is 0. The second-order valence-electron chi connectivity index (χ2n) is 8.33. The first-order chi connectivity index (χ1) is 13.3.